The van der Waals surface area contributed by atoms with Gasteiger partial charge in [-0.3, -0.25) is 0 Å². The number of hydrogen-bond acceptors (Lipinski definition) is 0. The normalized spacial score (nSPS) is 27.5. The van der Waals surface area contributed by atoms with Crippen molar-refractivity contribution in [3.05, 3.63) is 48.0 Å². The summed E-state index contributed by atoms with van der Waals surface area (Å²) in [4.78, 5) is 0. The summed E-state index contributed by atoms with van der Waals surface area (Å²) >= 11 is 0. The summed E-state index contributed by atoms with van der Waals surface area (Å²) in [5, 5.41) is 0. The summed E-state index contributed by atoms with van der Waals surface area (Å²) in [7, 11) is 0. The second-order valence-corrected chi connectivity index (χ2v) is 3.88. The van der Waals surface area contributed by atoms with Crippen LogP contribution in [0.15, 0.2) is 42.5 Å². The highest BCUT2D eigenvalue weighted by atomic mass is 14.2. The van der Waals surface area contributed by atoms with E-state index in [1.165, 1.54) is 18.4 Å². The Kier molecular flexibility index (Phi) is 2.49. The summed E-state index contributed by atoms with van der Waals surface area (Å²) in [5.41, 5.74) is 1.50. The maximum Gasteiger partial charge on any atom is -0.00987 e. The lowest BCUT2D eigenvalue weighted by Gasteiger charge is -2.24. The van der Waals surface area contributed by atoms with Crippen molar-refractivity contribution in [1.29, 1.82) is 0 Å². The average molecular weight is 172 g/mol. The molecule has 0 fully saturated rings. The van der Waals surface area contributed by atoms with E-state index in [0.717, 1.165) is 5.92 Å². The molecule has 68 valence electrons. The van der Waals surface area contributed by atoms with Crippen LogP contribution in [0.25, 0.3) is 0 Å². The molecular formula is C13H16. The maximum absolute atomic E-state index is 2.35. The molecule has 0 saturated heterocycles. The van der Waals surface area contributed by atoms with Crippen LogP contribution >= 0.6 is 0 Å². The Labute approximate surface area is 80.3 Å². The highest BCUT2D eigenvalue weighted by molar-refractivity contribution is 5.22. The van der Waals surface area contributed by atoms with Gasteiger partial charge in [0, 0.05) is 0 Å². The topological polar surface area (TPSA) is 0 Å². The smallest absolute Gasteiger partial charge is 0.00987 e. The molecular weight excluding hydrogens is 156 g/mol. The molecule has 2 atom stereocenters. The van der Waals surface area contributed by atoms with Crippen LogP contribution < -0.4 is 0 Å². The van der Waals surface area contributed by atoms with Crippen molar-refractivity contribution in [3.8, 4) is 0 Å². The van der Waals surface area contributed by atoms with Crippen LogP contribution in [0.2, 0.25) is 0 Å². The van der Waals surface area contributed by atoms with Gasteiger partial charge >= 0.3 is 0 Å². The van der Waals surface area contributed by atoms with E-state index in [1.54, 1.807) is 0 Å². The van der Waals surface area contributed by atoms with Crippen LogP contribution in [0.3, 0.4) is 0 Å². The van der Waals surface area contributed by atoms with E-state index >= 15 is 0 Å². The monoisotopic (exact) mass is 172 g/mol. The van der Waals surface area contributed by atoms with Gasteiger partial charge in [-0.25, -0.2) is 0 Å². The Morgan fingerprint density at radius 1 is 1.15 bits per heavy atom. The summed E-state index contributed by atoms with van der Waals surface area (Å²) in [6, 6.07) is 10.9. The molecule has 0 aromatic heterocycles. The fraction of sp³-hybridized carbons (Fsp3) is 0.385. The third-order valence-electron chi connectivity index (χ3n) is 2.95. The van der Waals surface area contributed by atoms with Crippen molar-refractivity contribution in [3.63, 3.8) is 0 Å². The molecule has 0 amide bonds. The van der Waals surface area contributed by atoms with E-state index in [-0.39, 0.29) is 0 Å². The van der Waals surface area contributed by atoms with E-state index in [1.807, 2.05) is 0 Å². The molecule has 0 aliphatic heterocycles. The van der Waals surface area contributed by atoms with Gasteiger partial charge in [0.15, 0.2) is 0 Å². The quantitative estimate of drug-likeness (QED) is 0.566. The van der Waals surface area contributed by atoms with Gasteiger partial charge in [-0.2, -0.15) is 0 Å². The first-order valence-electron chi connectivity index (χ1n) is 5.09. The lowest BCUT2D eigenvalue weighted by molar-refractivity contribution is 0.492. The fourth-order valence-corrected chi connectivity index (χ4v) is 2.15. The summed E-state index contributed by atoms with van der Waals surface area (Å²) in [5.74, 6) is 1.45. The fourth-order valence-electron chi connectivity index (χ4n) is 2.15. The molecule has 1 aliphatic carbocycles. The Balaban J connectivity index is 2.22. The first kappa shape index (κ1) is 8.55. The second kappa shape index (κ2) is 3.78. The zero-order chi connectivity index (χ0) is 9.10. The zero-order valence-electron chi connectivity index (χ0n) is 8.11. The maximum atomic E-state index is 2.35. The van der Waals surface area contributed by atoms with Gasteiger partial charge < -0.3 is 0 Å². The molecule has 0 radical (unpaired) electrons. The molecule has 0 heterocycles. The van der Waals surface area contributed by atoms with Gasteiger partial charge in [-0.1, -0.05) is 49.4 Å². The third-order valence-corrected chi connectivity index (χ3v) is 2.95. The second-order valence-electron chi connectivity index (χ2n) is 3.88. The molecule has 1 aromatic rings. The molecule has 0 spiro atoms. The van der Waals surface area contributed by atoms with Crippen LogP contribution in [0.5, 0.6) is 0 Å². The molecule has 0 N–H and O–H groups in total. The van der Waals surface area contributed by atoms with Gasteiger partial charge in [0.2, 0.25) is 0 Å². The summed E-state index contributed by atoms with van der Waals surface area (Å²) < 4.78 is 0. The lowest BCUT2D eigenvalue weighted by Crippen LogP contribution is -2.10. The Morgan fingerprint density at radius 3 is 2.62 bits per heavy atom. The van der Waals surface area contributed by atoms with Gasteiger partial charge in [-0.05, 0) is 30.2 Å². The minimum absolute atomic E-state index is 0.705. The molecule has 2 rings (SSSR count). The van der Waals surface area contributed by atoms with Crippen molar-refractivity contribution < 1.29 is 0 Å². The van der Waals surface area contributed by atoms with Crippen LogP contribution in [-0.2, 0) is 0 Å². The lowest BCUT2D eigenvalue weighted by atomic mass is 9.80. The van der Waals surface area contributed by atoms with Crippen molar-refractivity contribution in [1.82, 2.24) is 0 Å². The van der Waals surface area contributed by atoms with E-state index in [2.05, 4.69) is 49.4 Å². The first-order valence-corrected chi connectivity index (χ1v) is 5.09. The van der Waals surface area contributed by atoms with Crippen molar-refractivity contribution in [2.45, 2.75) is 25.7 Å². The van der Waals surface area contributed by atoms with Gasteiger partial charge in [0.1, 0.15) is 0 Å². The number of benzene rings is 1. The molecule has 0 bridgehead atoms. The SMILES string of the molecule is CC1C=CCCC1c1ccccc1. The van der Waals surface area contributed by atoms with Crippen LogP contribution in [0.1, 0.15) is 31.2 Å². The summed E-state index contributed by atoms with van der Waals surface area (Å²) in [6.07, 6.45) is 7.21. The predicted molar refractivity (Wildman–Crippen MR) is 56.7 cm³/mol. The molecule has 13 heavy (non-hydrogen) atoms. The van der Waals surface area contributed by atoms with E-state index in [9.17, 15) is 0 Å². The Bertz CT molecular complexity index is 284. The molecule has 1 aliphatic rings. The van der Waals surface area contributed by atoms with Crippen molar-refractivity contribution in [2.24, 2.45) is 5.92 Å². The number of allylic oxidation sites excluding steroid dienone is 2. The van der Waals surface area contributed by atoms with E-state index in [0.29, 0.717) is 5.92 Å². The Morgan fingerprint density at radius 2 is 1.92 bits per heavy atom. The zero-order valence-corrected chi connectivity index (χ0v) is 8.11. The molecule has 0 heteroatoms. The molecule has 0 saturated carbocycles. The number of rotatable bonds is 1. The van der Waals surface area contributed by atoms with Crippen molar-refractivity contribution in [2.75, 3.05) is 0 Å². The van der Waals surface area contributed by atoms with Gasteiger partial charge in [-0.15, -0.1) is 0 Å². The molecule has 0 nitrogen and oxygen atoms in total. The van der Waals surface area contributed by atoms with Gasteiger partial charge in [0.25, 0.3) is 0 Å². The molecule has 2 unspecified atom stereocenters. The predicted octanol–water partition coefficient (Wildman–Crippen LogP) is 3.76. The minimum Gasteiger partial charge on any atom is -0.0882 e. The van der Waals surface area contributed by atoms with Crippen LogP contribution in [0, 0.1) is 5.92 Å². The molecule has 1 aromatic carbocycles. The summed E-state index contributed by atoms with van der Waals surface area (Å²) in [6.45, 7) is 2.31. The average Bonchev–Trinajstić information content (AvgIpc) is 2.20. The first-order chi connectivity index (χ1) is 6.38. The van der Waals surface area contributed by atoms with Gasteiger partial charge in [0.05, 0.1) is 0 Å². The highest BCUT2D eigenvalue weighted by Gasteiger charge is 2.18. The third kappa shape index (κ3) is 1.82. The van der Waals surface area contributed by atoms with Crippen LogP contribution in [0.4, 0.5) is 0 Å². The largest absolute Gasteiger partial charge is 0.0882 e. The Hall–Kier alpha value is -1.04. The standard InChI is InChI=1S/C13H16/c1-11-7-5-6-10-13(11)12-8-3-2-4-9-12/h2-5,7-9,11,13H,6,10H2,1H3. The highest BCUT2D eigenvalue weighted by Crippen LogP contribution is 2.33. The van der Waals surface area contributed by atoms with Crippen molar-refractivity contribution >= 4 is 0 Å². The minimum atomic E-state index is 0.705. The van der Waals surface area contributed by atoms with E-state index in [4.69, 9.17) is 0 Å². The van der Waals surface area contributed by atoms with E-state index < -0.39 is 0 Å². The van der Waals surface area contributed by atoms with Crippen LogP contribution in [-0.4, -0.2) is 0 Å². The number of hydrogen-bond donors (Lipinski definition) is 0.